The van der Waals surface area contributed by atoms with E-state index in [0.29, 0.717) is 0 Å². The molecule has 0 atom stereocenters. The second-order valence-electron chi connectivity index (χ2n) is 3.11. The smallest absolute Gasteiger partial charge is 0.300 e. The predicted octanol–water partition coefficient (Wildman–Crippen LogP) is 1.19. The normalized spacial score (nSPS) is 5.36. The molecule has 0 heterocycles. The minimum atomic E-state index is -0.833. The number of hydrogen-bond acceptors (Lipinski definition) is 10. The summed E-state index contributed by atoms with van der Waals surface area (Å²) in [6.45, 7) is 6.50. The molecule has 0 aromatic carbocycles. The Hall–Kier alpha value is -3.34. The van der Waals surface area contributed by atoms with E-state index >= 15 is 0 Å². The first kappa shape index (κ1) is 64.2. The first-order chi connectivity index (χ1) is 10.4. The van der Waals surface area contributed by atoms with E-state index in [1.54, 1.807) is 0 Å². The fraction of sp³-hybridized carbons (Fsp3) is 0.500. The van der Waals surface area contributed by atoms with Crippen LogP contribution in [0.25, 0.3) is 0 Å². The maximum atomic E-state index is 9.00. The summed E-state index contributed by atoms with van der Waals surface area (Å²) in [5.41, 5.74) is 0. The van der Waals surface area contributed by atoms with Crippen LogP contribution >= 0.6 is 0 Å². The Kier molecular flexibility index (Phi) is 130. The number of carboxylic acids is 6. The summed E-state index contributed by atoms with van der Waals surface area (Å²) < 4.78 is 0. The topological polar surface area (TPSA) is 364 Å². The number of aliphatic carboxylic acids is 6. The van der Waals surface area contributed by atoms with E-state index in [9.17, 15) is 0 Å². The summed E-state index contributed by atoms with van der Waals surface area (Å²) >= 11 is 0. The van der Waals surface area contributed by atoms with Crippen molar-refractivity contribution in [3.63, 3.8) is 0 Å². The first-order valence-electron chi connectivity index (χ1n) is 5.57. The molecule has 16 nitrogen and oxygen atoms in total. The lowest BCUT2D eigenvalue weighted by Crippen LogP contribution is -1.78. The lowest BCUT2D eigenvalue weighted by Gasteiger charge is -1.59. The van der Waals surface area contributed by atoms with Gasteiger partial charge in [0, 0.05) is 41.5 Å². The molecule has 176 valence electrons. The summed E-state index contributed by atoms with van der Waals surface area (Å²) in [5.74, 6) is -5.00. The number of hydrogen-bond donors (Lipinski definition) is 10. The average Bonchev–Trinajstić information content (AvgIpc) is 2.08. The number of carboxylic acid groups (broad SMARTS) is 6. The van der Waals surface area contributed by atoms with Crippen molar-refractivity contribution in [2.45, 2.75) is 41.5 Å². The first-order valence-corrected chi connectivity index (χ1v) is 5.57. The molecule has 28 heavy (non-hydrogen) atoms. The van der Waals surface area contributed by atoms with E-state index in [1.807, 2.05) is 0 Å². The third kappa shape index (κ3) is 953. The van der Waals surface area contributed by atoms with Gasteiger partial charge in [-0.3, -0.25) is 28.8 Å². The Morgan fingerprint density at radius 2 is 0.321 bits per heavy atom. The van der Waals surface area contributed by atoms with Crippen molar-refractivity contribution in [1.29, 1.82) is 0 Å². The zero-order valence-electron chi connectivity index (χ0n) is 17.0. The molecule has 0 spiro atoms. The molecular formula is C12H36N4O12. The predicted molar refractivity (Wildman–Crippen MR) is 99.9 cm³/mol. The second-order valence-corrected chi connectivity index (χ2v) is 3.11. The van der Waals surface area contributed by atoms with Crippen LogP contribution in [0.1, 0.15) is 41.5 Å². The van der Waals surface area contributed by atoms with Gasteiger partial charge in [-0.25, -0.2) is 0 Å². The highest BCUT2D eigenvalue weighted by atomic mass is 16.4. The summed E-state index contributed by atoms with van der Waals surface area (Å²) in [5, 5.41) is 44.5. The van der Waals surface area contributed by atoms with Gasteiger partial charge in [0.25, 0.3) is 35.8 Å². The van der Waals surface area contributed by atoms with Gasteiger partial charge in [-0.2, -0.15) is 0 Å². The van der Waals surface area contributed by atoms with Crippen LogP contribution in [0.5, 0.6) is 0 Å². The van der Waals surface area contributed by atoms with Crippen LogP contribution in [0.2, 0.25) is 0 Å². The van der Waals surface area contributed by atoms with Crippen molar-refractivity contribution >= 4 is 35.8 Å². The lowest BCUT2D eigenvalue weighted by molar-refractivity contribution is -0.135. The van der Waals surface area contributed by atoms with Gasteiger partial charge in [-0.1, -0.05) is 0 Å². The highest BCUT2D eigenvalue weighted by Crippen LogP contribution is 1.43. The van der Waals surface area contributed by atoms with Crippen LogP contribution in [0.15, 0.2) is 0 Å². The van der Waals surface area contributed by atoms with Gasteiger partial charge >= 0.3 is 0 Å². The molecule has 0 aliphatic heterocycles. The monoisotopic (exact) mass is 428 g/mol. The zero-order valence-corrected chi connectivity index (χ0v) is 17.0. The highest BCUT2D eigenvalue weighted by Gasteiger charge is 1.67. The van der Waals surface area contributed by atoms with Crippen molar-refractivity contribution in [3.8, 4) is 0 Å². The minimum Gasteiger partial charge on any atom is -0.481 e. The summed E-state index contributed by atoms with van der Waals surface area (Å²) in [6, 6.07) is 0. The van der Waals surface area contributed by atoms with Crippen LogP contribution in [0.3, 0.4) is 0 Å². The molecule has 0 aliphatic carbocycles. The highest BCUT2D eigenvalue weighted by molar-refractivity contribution is 5.64. The molecule has 16 heteroatoms. The Balaban J connectivity index is -0.0000000169. The van der Waals surface area contributed by atoms with Crippen LogP contribution in [0.4, 0.5) is 0 Å². The molecule has 0 amide bonds. The Morgan fingerprint density at radius 1 is 0.321 bits per heavy atom. The zero-order chi connectivity index (χ0) is 21.5. The van der Waals surface area contributed by atoms with Crippen molar-refractivity contribution in [2.75, 3.05) is 0 Å². The molecule has 0 rings (SSSR count). The fourth-order valence-electron chi connectivity index (χ4n) is 0. The van der Waals surface area contributed by atoms with Gasteiger partial charge in [-0.05, 0) is 0 Å². The van der Waals surface area contributed by atoms with E-state index in [4.69, 9.17) is 59.4 Å². The van der Waals surface area contributed by atoms with E-state index < -0.39 is 35.8 Å². The number of rotatable bonds is 0. The van der Waals surface area contributed by atoms with Crippen LogP contribution in [-0.4, -0.2) is 66.5 Å². The van der Waals surface area contributed by atoms with Gasteiger partial charge in [0.05, 0.1) is 0 Å². The molecule has 0 saturated carbocycles. The maximum Gasteiger partial charge on any atom is 0.300 e. The van der Waals surface area contributed by atoms with E-state index in [1.165, 1.54) is 0 Å². The molecule has 0 unspecified atom stereocenters. The van der Waals surface area contributed by atoms with Gasteiger partial charge in [0.1, 0.15) is 0 Å². The van der Waals surface area contributed by atoms with E-state index in [-0.39, 0.29) is 24.6 Å². The van der Waals surface area contributed by atoms with Gasteiger partial charge in [0.15, 0.2) is 0 Å². The SMILES string of the molecule is CC(=O)O.CC(=O)O.CC(=O)O.CC(=O)O.CC(=O)O.CC(=O)O.N.N.N.N. The maximum absolute atomic E-state index is 9.00. The van der Waals surface area contributed by atoms with Gasteiger partial charge < -0.3 is 55.2 Å². The lowest BCUT2D eigenvalue weighted by atomic mass is 10.9. The molecule has 0 saturated heterocycles. The summed E-state index contributed by atoms with van der Waals surface area (Å²) in [4.78, 5) is 54.0. The second kappa shape index (κ2) is 56.5. The molecule has 0 aromatic heterocycles. The van der Waals surface area contributed by atoms with Crippen molar-refractivity contribution in [3.05, 3.63) is 0 Å². The van der Waals surface area contributed by atoms with Crippen molar-refractivity contribution in [1.82, 2.24) is 24.6 Å². The quantitative estimate of drug-likeness (QED) is 0.258. The molecule has 0 aromatic rings. The third-order valence-corrected chi connectivity index (χ3v) is 0. The Morgan fingerprint density at radius 3 is 0.321 bits per heavy atom. The molecule has 0 radical (unpaired) electrons. The Bertz CT molecular complexity index is 272. The van der Waals surface area contributed by atoms with E-state index in [0.717, 1.165) is 41.5 Å². The average molecular weight is 428 g/mol. The van der Waals surface area contributed by atoms with Crippen LogP contribution < -0.4 is 24.6 Å². The van der Waals surface area contributed by atoms with Crippen molar-refractivity contribution < 1.29 is 59.4 Å². The van der Waals surface area contributed by atoms with E-state index in [2.05, 4.69) is 0 Å². The molecule has 18 N–H and O–H groups in total. The molecular weight excluding hydrogens is 392 g/mol. The van der Waals surface area contributed by atoms with Gasteiger partial charge in [-0.15, -0.1) is 0 Å². The minimum absolute atomic E-state index is 0. The molecule has 0 aliphatic rings. The Labute approximate surface area is 162 Å². The number of carbonyl (C=O) groups is 6. The van der Waals surface area contributed by atoms with Crippen LogP contribution in [0, 0.1) is 0 Å². The van der Waals surface area contributed by atoms with Gasteiger partial charge in [0.2, 0.25) is 0 Å². The summed E-state index contributed by atoms with van der Waals surface area (Å²) in [7, 11) is 0. The third-order valence-electron chi connectivity index (χ3n) is 0. The van der Waals surface area contributed by atoms with Crippen molar-refractivity contribution in [2.24, 2.45) is 0 Å². The van der Waals surface area contributed by atoms with Crippen LogP contribution in [-0.2, 0) is 28.8 Å². The standard InChI is InChI=1S/6C2H4O2.4H3N/c6*1-2(3)4;;;;/h6*1H3,(H,3,4);4*1H3. The summed E-state index contributed by atoms with van der Waals surface area (Å²) in [6.07, 6.45) is 0. The molecule has 0 bridgehead atoms. The largest absolute Gasteiger partial charge is 0.481 e. The fourth-order valence-corrected chi connectivity index (χ4v) is 0. The molecule has 0 fully saturated rings.